The number of nitrogens with zero attached hydrogens (tertiary/aromatic N) is 2. The summed E-state index contributed by atoms with van der Waals surface area (Å²) >= 11 is 0. The maximum Gasteiger partial charge on any atom is 0.131 e. The number of rotatable bonds is 5. The van der Waals surface area contributed by atoms with Gasteiger partial charge in [0.25, 0.3) is 0 Å². The summed E-state index contributed by atoms with van der Waals surface area (Å²) in [6, 6.07) is 0. The molecule has 0 saturated carbocycles. The molecule has 62 valence electrons. The van der Waals surface area contributed by atoms with Crippen molar-refractivity contribution in [2.45, 2.75) is 26.2 Å². The molecule has 0 unspecified atom stereocenters. The average Bonchev–Trinajstić information content (AvgIpc) is 2.50. The molecule has 3 nitrogen and oxygen atoms in total. The Morgan fingerprint density at radius 1 is 1.45 bits per heavy atom. The maximum absolute atomic E-state index is 5.30. The van der Waals surface area contributed by atoms with Gasteiger partial charge in [-0.2, -0.15) is 4.73 Å². The van der Waals surface area contributed by atoms with Gasteiger partial charge in [0.15, 0.2) is 0 Å². The summed E-state index contributed by atoms with van der Waals surface area (Å²) < 4.78 is 1.63. The number of imidazole rings is 1. The average molecular weight is 154 g/mol. The fraction of sp³-hybridized carbons (Fsp3) is 0.625. The molecule has 0 bridgehead atoms. The van der Waals surface area contributed by atoms with E-state index in [2.05, 4.69) is 11.9 Å². The Kier molecular flexibility index (Phi) is 3.52. The Labute approximate surface area is 67.0 Å². The van der Waals surface area contributed by atoms with E-state index < -0.39 is 0 Å². The highest BCUT2D eigenvalue weighted by molar-refractivity contribution is 4.69. The summed E-state index contributed by atoms with van der Waals surface area (Å²) in [4.78, 5) is 9.16. The molecule has 0 N–H and O–H groups in total. The molecule has 11 heavy (non-hydrogen) atoms. The Bertz CT molecular complexity index is 172. The van der Waals surface area contributed by atoms with Gasteiger partial charge in [-0.25, -0.2) is 4.98 Å². The summed E-state index contributed by atoms with van der Waals surface area (Å²) in [7, 11) is 0. The number of hydrogen-bond acceptors (Lipinski definition) is 2. The van der Waals surface area contributed by atoms with Gasteiger partial charge in [0, 0.05) is 6.20 Å². The van der Waals surface area contributed by atoms with Crippen molar-refractivity contribution in [2.24, 2.45) is 0 Å². The fourth-order valence-corrected chi connectivity index (χ4v) is 0.845. The zero-order valence-corrected chi connectivity index (χ0v) is 6.86. The van der Waals surface area contributed by atoms with Crippen LogP contribution in [0, 0.1) is 0 Å². The van der Waals surface area contributed by atoms with Gasteiger partial charge in [-0.3, -0.25) is 0 Å². The second-order valence-electron chi connectivity index (χ2n) is 2.46. The predicted molar refractivity (Wildman–Crippen MR) is 43.2 cm³/mol. The minimum absolute atomic E-state index is 0.782. The van der Waals surface area contributed by atoms with Crippen molar-refractivity contribution in [3.63, 3.8) is 0 Å². The number of aromatic nitrogens is 2. The normalized spacial score (nSPS) is 9.91. The second-order valence-corrected chi connectivity index (χ2v) is 2.46. The summed E-state index contributed by atoms with van der Waals surface area (Å²) in [5.74, 6) is 0. The number of unbranched alkanes of at least 4 members (excludes halogenated alkanes) is 2. The van der Waals surface area contributed by atoms with Crippen LogP contribution in [0.1, 0.15) is 26.2 Å². The van der Waals surface area contributed by atoms with Crippen LogP contribution in [0.3, 0.4) is 0 Å². The van der Waals surface area contributed by atoms with Gasteiger partial charge in [-0.15, -0.1) is 0 Å². The van der Waals surface area contributed by atoms with Crippen molar-refractivity contribution in [1.82, 2.24) is 9.71 Å². The molecule has 0 aromatic carbocycles. The van der Waals surface area contributed by atoms with E-state index in [1.807, 2.05) is 0 Å². The standard InChI is InChI=1S/C8H14N2O/c1-2-3-4-7-11-10-6-5-9-8-10/h5-6,8H,2-4,7H2,1H3. The molecule has 1 heterocycles. The molecule has 0 saturated heterocycles. The smallest absolute Gasteiger partial charge is 0.131 e. The molecule has 1 aromatic heterocycles. The Morgan fingerprint density at radius 3 is 3.00 bits per heavy atom. The van der Waals surface area contributed by atoms with Crippen LogP contribution in [0.5, 0.6) is 0 Å². The van der Waals surface area contributed by atoms with E-state index in [0.29, 0.717) is 0 Å². The predicted octanol–water partition coefficient (Wildman–Crippen LogP) is 1.50. The molecule has 0 amide bonds. The van der Waals surface area contributed by atoms with E-state index in [1.54, 1.807) is 23.5 Å². The van der Waals surface area contributed by atoms with Crippen LogP contribution in [0.4, 0.5) is 0 Å². The van der Waals surface area contributed by atoms with Crippen LogP contribution in [0.15, 0.2) is 18.7 Å². The van der Waals surface area contributed by atoms with Gasteiger partial charge in [0.1, 0.15) is 12.9 Å². The monoisotopic (exact) mass is 154 g/mol. The van der Waals surface area contributed by atoms with Gasteiger partial charge in [0.05, 0.1) is 6.20 Å². The minimum atomic E-state index is 0.782. The first-order valence-electron chi connectivity index (χ1n) is 4.04. The summed E-state index contributed by atoms with van der Waals surface area (Å²) in [5.41, 5.74) is 0. The van der Waals surface area contributed by atoms with E-state index in [0.717, 1.165) is 13.0 Å². The van der Waals surface area contributed by atoms with Crippen LogP contribution in [-0.2, 0) is 0 Å². The van der Waals surface area contributed by atoms with Crippen LogP contribution in [-0.4, -0.2) is 16.3 Å². The van der Waals surface area contributed by atoms with Gasteiger partial charge in [-0.05, 0) is 6.42 Å². The molecule has 0 spiro atoms. The third-order valence-electron chi connectivity index (χ3n) is 1.47. The molecule has 0 fully saturated rings. The Hall–Kier alpha value is -0.990. The molecular weight excluding hydrogens is 140 g/mol. The summed E-state index contributed by atoms with van der Waals surface area (Å²) in [6.45, 7) is 2.96. The van der Waals surface area contributed by atoms with E-state index in [1.165, 1.54) is 12.8 Å². The maximum atomic E-state index is 5.30. The van der Waals surface area contributed by atoms with Gasteiger partial charge < -0.3 is 4.84 Å². The molecule has 0 radical (unpaired) electrons. The highest BCUT2D eigenvalue weighted by Crippen LogP contribution is 1.92. The van der Waals surface area contributed by atoms with E-state index in [9.17, 15) is 0 Å². The first-order valence-corrected chi connectivity index (χ1v) is 4.04. The van der Waals surface area contributed by atoms with Crippen LogP contribution in [0.2, 0.25) is 0 Å². The van der Waals surface area contributed by atoms with Crippen LogP contribution < -0.4 is 4.84 Å². The second kappa shape index (κ2) is 4.77. The highest BCUT2D eigenvalue weighted by Gasteiger charge is 1.88. The van der Waals surface area contributed by atoms with Crippen molar-refractivity contribution in [3.05, 3.63) is 18.7 Å². The molecule has 0 atom stereocenters. The highest BCUT2D eigenvalue weighted by atomic mass is 16.7. The Balaban J connectivity index is 2.04. The van der Waals surface area contributed by atoms with Crippen molar-refractivity contribution in [3.8, 4) is 0 Å². The van der Waals surface area contributed by atoms with E-state index in [4.69, 9.17) is 4.84 Å². The van der Waals surface area contributed by atoms with Crippen molar-refractivity contribution in [2.75, 3.05) is 6.61 Å². The summed E-state index contributed by atoms with van der Waals surface area (Å²) in [5, 5.41) is 0. The van der Waals surface area contributed by atoms with Crippen molar-refractivity contribution >= 4 is 0 Å². The molecule has 1 rings (SSSR count). The van der Waals surface area contributed by atoms with Crippen LogP contribution >= 0.6 is 0 Å². The first kappa shape index (κ1) is 8.11. The van der Waals surface area contributed by atoms with Gasteiger partial charge in [-0.1, -0.05) is 19.8 Å². The van der Waals surface area contributed by atoms with Gasteiger partial charge in [0.2, 0.25) is 0 Å². The van der Waals surface area contributed by atoms with E-state index in [-0.39, 0.29) is 0 Å². The third kappa shape index (κ3) is 3.07. The molecule has 0 aliphatic heterocycles. The first-order chi connectivity index (χ1) is 5.43. The lowest BCUT2D eigenvalue weighted by Crippen LogP contribution is -2.10. The van der Waals surface area contributed by atoms with Crippen molar-refractivity contribution in [1.29, 1.82) is 0 Å². The lowest BCUT2D eigenvalue weighted by atomic mass is 10.3. The lowest BCUT2D eigenvalue weighted by Gasteiger charge is -2.03. The minimum Gasteiger partial charge on any atom is -0.413 e. The Morgan fingerprint density at radius 2 is 2.36 bits per heavy atom. The lowest BCUT2D eigenvalue weighted by molar-refractivity contribution is 0.106. The quantitative estimate of drug-likeness (QED) is 0.601. The molecule has 0 aliphatic carbocycles. The summed E-state index contributed by atoms with van der Waals surface area (Å²) in [6.07, 6.45) is 8.74. The molecular formula is C8H14N2O. The zero-order valence-electron chi connectivity index (χ0n) is 6.86. The molecule has 0 aliphatic rings. The van der Waals surface area contributed by atoms with Gasteiger partial charge >= 0.3 is 0 Å². The topological polar surface area (TPSA) is 27.1 Å². The molecule has 1 aromatic rings. The van der Waals surface area contributed by atoms with E-state index >= 15 is 0 Å². The van der Waals surface area contributed by atoms with Crippen LogP contribution in [0.25, 0.3) is 0 Å². The fourth-order valence-electron chi connectivity index (χ4n) is 0.845. The largest absolute Gasteiger partial charge is 0.413 e. The number of hydrogen-bond donors (Lipinski definition) is 0. The molecule has 3 heteroatoms. The zero-order chi connectivity index (χ0) is 7.94. The van der Waals surface area contributed by atoms with Crippen molar-refractivity contribution < 1.29 is 4.84 Å². The third-order valence-corrected chi connectivity index (χ3v) is 1.47. The SMILES string of the molecule is CCCCCOn1ccnc1.